The highest BCUT2D eigenvalue weighted by atomic mass is 32.2. The Morgan fingerprint density at radius 1 is 1.05 bits per heavy atom. The van der Waals surface area contributed by atoms with Crippen molar-refractivity contribution in [1.82, 2.24) is 0 Å². The summed E-state index contributed by atoms with van der Waals surface area (Å²) in [6.07, 6.45) is 4.67. The number of para-hydroxylation sites is 1. The summed E-state index contributed by atoms with van der Waals surface area (Å²) < 4.78 is 27.9. The molecular weight excluding hydrogens is 294 g/mol. The van der Waals surface area contributed by atoms with Gasteiger partial charge >= 0.3 is 0 Å². The summed E-state index contributed by atoms with van der Waals surface area (Å²) in [5, 5.41) is 0. The fraction of sp³-hybridized carbons (Fsp3) is 0.222. The van der Waals surface area contributed by atoms with Crippen molar-refractivity contribution < 1.29 is 8.42 Å². The molecule has 0 aromatic heterocycles. The van der Waals surface area contributed by atoms with Gasteiger partial charge in [-0.05, 0) is 50.5 Å². The Bertz CT molecular complexity index is 775. The number of hydrogen-bond donors (Lipinski definition) is 1. The third-order valence-electron chi connectivity index (χ3n) is 3.50. The topological polar surface area (TPSA) is 46.2 Å². The zero-order valence-corrected chi connectivity index (χ0v) is 13.9. The van der Waals surface area contributed by atoms with Gasteiger partial charge < -0.3 is 0 Å². The summed E-state index contributed by atoms with van der Waals surface area (Å²) in [6.45, 7) is 5.79. The van der Waals surface area contributed by atoms with Crippen LogP contribution in [-0.2, 0) is 16.4 Å². The molecule has 0 aliphatic rings. The van der Waals surface area contributed by atoms with E-state index in [4.69, 9.17) is 0 Å². The number of allylic oxidation sites excluding steroid dienone is 2. The van der Waals surface area contributed by atoms with Gasteiger partial charge in [-0.3, -0.25) is 4.72 Å². The van der Waals surface area contributed by atoms with Gasteiger partial charge in [-0.2, -0.15) is 0 Å². The molecule has 3 nitrogen and oxygen atoms in total. The lowest BCUT2D eigenvalue weighted by atomic mass is 10.1. The lowest BCUT2D eigenvalue weighted by Crippen LogP contribution is -2.15. The van der Waals surface area contributed by atoms with Crippen LogP contribution >= 0.6 is 0 Å². The Hall–Kier alpha value is -2.07. The first-order valence-corrected chi connectivity index (χ1v) is 8.71. The SMILES string of the molecule is C/C=C\Cc1cccc(C)c1NS(=O)(=O)c1ccc(C)cc1. The first-order valence-electron chi connectivity index (χ1n) is 7.23. The van der Waals surface area contributed by atoms with E-state index < -0.39 is 10.0 Å². The molecule has 0 spiro atoms. The summed E-state index contributed by atoms with van der Waals surface area (Å²) in [7, 11) is -3.57. The van der Waals surface area contributed by atoms with Crippen LogP contribution in [0.2, 0.25) is 0 Å². The van der Waals surface area contributed by atoms with Crippen molar-refractivity contribution in [2.75, 3.05) is 4.72 Å². The van der Waals surface area contributed by atoms with Crippen molar-refractivity contribution in [3.63, 3.8) is 0 Å². The van der Waals surface area contributed by atoms with Crippen LogP contribution in [0.5, 0.6) is 0 Å². The maximum absolute atomic E-state index is 12.6. The second-order valence-electron chi connectivity index (χ2n) is 5.30. The zero-order valence-electron chi connectivity index (χ0n) is 13.1. The molecule has 2 aromatic carbocycles. The van der Waals surface area contributed by atoms with Gasteiger partial charge in [0.15, 0.2) is 0 Å². The molecule has 0 bridgehead atoms. The van der Waals surface area contributed by atoms with Crippen LogP contribution in [0.3, 0.4) is 0 Å². The largest absolute Gasteiger partial charge is 0.279 e. The van der Waals surface area contributed by atoms with Crippen molar-refractivity contribution in [2.45, 2.75) is 32.1 Å². The first kappa shape index (κ1) is 16.3. The number of anilines is 1. The second-order valence-corrected chi connectivity index (χ2v) is 6.98. The summed E-state index contributed by atoms with van der Waals surface area (Å²) in [6, 6.07) is 12.6. The molecule has 0 unspecified atom stereocenters. The average Bonchev–Trinajstić information content (AvgIpc) is 2.48. The Morgan fingerprint density at radius 2 is 1.73 bits per heavy atom. The predicted octanol–water partition coefficient (Wildman–Crippen LogP) is 4.22. The van der Waals surface area contributed by atoms with E-state index in [1.54, 1.807) is 24.3 Å². The lowest BCUT2D eigenvalue weighted by Gasteiger charge is -2.14. The lowest BCUT2D eigenvalue weighted by molar-refractivity contribution is 0.601. The second kappa shape index (κ2) is 6.79. The summed E-state index contributed by atoms with van der Waals surface area (Å²) in [5.41, 5.74) is 3.58. The monoisotopic (exact) mass is 315 g/mol. The minimum atomic E-state index is -3.57. The molecule has 0 aliphatic carbocycles. The van der Waals surface area contributed by atoms with Crippen molar-refractivity contribution in [3.05, 3.63) is 71.3 Å². The van der Waals surface area contributed by atoms with Crippen LogP contribution < -0.4 is 4.72 Å². The summed E-state index contributed by atoms with van der Waals surface area (Å²) in [5.74, 6) is 0. The van der Waals surface area contributed by atoms with E-state index in [9.17, 15) is 8.42 Å². The zero-order chi connectivity index (χ0) is 16.2. The highest BCUT2D eigenvalue weighted by molar-refractivity contribution is 7.92. The maximum Gasteiger partial charge on any atom is 0.261 e. The number of sulfonamides is 1. The standard InChI is InChI=1S/C18H21NO2S/c1-4-5-8-16-9-6-7-15(3)18(16)19-22(20,21)17-12-10-14(2)11-13-17/h4-7,9-13,19H,8H2,1-3H3/b5-4-. The summed E-state index contributed by atoms with van der Waals surface area (Å²) in [4.78, 5) is 0.276. The molecule has 0 amide bonds. The number of nitrogens with one attached hydrogen (secondary N) is 1. The fourth-order valence-corrected chi connectivity index (χ4v) is 3.37. The molecule has 1 N–H and O–H groups in total. The molecule has 22 heavy (non-hydrogen) atoms. The number of rotatable bonds is 5. The van der Waals surface area contributed by atoms with Crippen molar-refractivity contribution in [2.24, 2.45) is 0 Å². The smallest absolute Gasteiger partial charge is 0.261 e. The van der Waals surface area contributed by atoms with Crippen LogP contribution in [-0.4, -0.2) is 8.42 Å². The first-order chi connectivity index (χ1) is 10.4. The van der Waals surface area contributed by atoms with E-state index in [1.165, 1.54) is 0 Å². The molecule has 116 valence electrons. The molecule has 4 heteroatoms. The third kappa shape index (κ3) is 3.77. The molecule has 2 aromatic rings. The molecule has 0 radical (unpaired) electrons. The van der Waals surface area contributed by atoms with Crippen molar-refractivity contribution >= 4 is 15.7 Å². The van der Waals surface area contributed by atoms with Gasteiger partial charge in [-0.25, -0.2) is 8.42 Å². The van der Waals surface area contributed by atoms with Crippen molar-refractivity contribution in [3.8, 4) is 0 Å². The fourth-order valence-electron chi connectivity index (χ4n) is 2.20. The molecule has 0 aliphatic heterocycles. The average molecular weight is 315 g/mol. The Kier molecular flexibility index (Phi) is 5.03. The van der Waals surface area contributed by atoms with Crippen LogP contribution in [0, 0.1) is 13.8 Å². The summed E-state index contributed by atoms with van der Waals surface area (Å²) >= 11 is 0. The highest BCUT2D eigenvalue weighted by Crippen LogP contribution is 2.25. The Labute approximate surface area is 132 Å². The predicted molar refractivity (Wildman–Crippen MR) is 91.7 cm³/mol. The molecular formula is C18H21NO2S. The van der Waals surface area contributed by atoms with Gasteiger partial charge in [-0.15, -0.1) is 0 Å². The van der Waals surface area contributed by atoms with Crippen LogP contribution in [0.15, 0.2) is 59.5 Å². The highest BCUT2D eigenvalue weighted by Gasteiger charge is 2.16. The van der Waals surface area contributed by atoms with Crippen molar-refractivity contribution in [1.29, 1.82) is 0 Å². The van der Waals surface area contributed by atoms with Gasteiger partial charge in [0.25, 0.3) is 10.0 Å². The molecule has 0 saturated carbocycles. The molecule has 2 rings (SSSR count). The number of aryl methyl sites for hydroxylation is 2. The van der Waals surface area contributed by atoms with Crippen LogP contribution in [0.25, 0.3) is 0 Å². The van der Waals surface area contributed by atoms with Gasteiger partial charge in [0, 0.05) is 0 Å². The van der Waals surface area contributed by atoms with Crippen LogP contribution in [0.1, 0.15) is 23.6 Å². The molecule has 0 atom stereocenters. The quantitative estimate of drug-likeness (QED) is 0.840. The van der Waals surface area contributed by atoms with Gasteiger partial charge in [0.2, 0.25) is 0 Å². The van der Waals surface area contributed by atoms with E-state index >= 15 is 0 Å². The van der Waals surface area contributed by atoms with E-state index in [2.05, 4.69) is 4.72 Å². The van der Waals surface area contributed by atoms with Gasteiger partial charge in [0.1, 0.15) is 0 Å². The number of hydrogen-bond acceptors (Lipinski definition) is 2. The Balaban J connectivity index is 2.39. The van der Waals surface area contributed by atoms with Gasteiger partial charge in [-0.1, -0.05) is 48.0 Å². The molecule has 0 saturated heterocycles. The van der Waals surface area contributed by atoms with E-state index in [0.717, 1.165) is 16.7 Å². The van der Waals surface area contributed by atoms with Crippen LogP contribution in [0.4, 0.5) is 5.69 Å². The Morgan fingerprint density at radius 3 is 2.36 bits per heavy atom. The minimum absolute atomic E-state index is 0.276. The normalized spacial score (nSPS) is 11.8. The third-order valence-corrected chi connectivity index (χ3v) is 4.87. The minimum Gasteiger partial charge on any atom is -0.279 e. The molecule has 0 heterocycles. The van der Waals surface area contributed by atoms with Gasteiger partial charge in [0.05, 0.1) is 10.6 Å². The van der Waals surface area contributed by atoms with E-state index in [-0.39, 0.29) is 4.90 Å². The van der Waals surface area contributed by atoms with E-state index in [0.29, 0.717) is 12.1 Å². The van der Waals surface area contributed by atoms with E-state index in [1.807, 2.05) is 51.1 Å². The maximum atomic E-state index is 12.6. The number of benzene rings is 2. The molecule has 0 fully saturated rings.